The highest BCUT2D eigenvalue weighted by atomic mass is 35.5. The van der Waals surface area contributed by atoms with Crippen molar-refractivity contribution in [2.75, 3.05) is 39.3 Å². The number of halogens is 2. The molecule has 0 bridgehead atoms. The monoisotopic (exact) mass is 457 g/mol. The highest BCUT2D eigenvalue weighted by Gasteiger charge is 2.33. The molecule has 2 saturated heterocycles. The van der Waals surface area contributed by atoms with Crippen molar-refractivity contribution >= 4 is 40.1 Å². The summed E-state index contributed by atoms with van der Waals surface area (Å²) >= 11 is 12.0. The number of nitrogens with zero attached hydrogens (tertiary/aromatic N) is 3. The minimum absolute atomic E-state index is 0.0313. The summed E-state index contributed by atoms with van der Waals surface area (Å²) in [7, 11) is 0. The number of carbonyl (C=O) groups excluding carboxylic acids is 1. The summed E-state index contributed by atoms with van der Waals surface area (Å²) in [6, 6.07) is 15.7. The van der Waals surface area contributed by atoms with E-state index in [4.69, 9.17) is 27.6 Å². The van der Waals surface area contributed by atoms with Crippen LogP contribution >= 0.6 is 23.2 Å². The Balaban J connectivity index is 1.15. The van der Waals surface area contributed by atoms with Gasteiger partial charge < -0.3 is 9.32 Å². The van der Waals surface area contributed by atoms with Gasteiger partial charge in [0, 0.05) is 67.3 Å². The Morgan fingerprint density at radius 3 is 2.45 bits per heavy atom. The molecule has 0 aliphatic carbocycles. The molecule has 0 unspecified atom stereocenters. The van der Waals surface area contributed by atoms with Crippen molar-refractivity contribution < 1.29 is 9.21 Å². The maximum Gasteiger partial charge on any atom is 0.289 e. The number of benzene rings is 2. The molecule has 0 spiro atoms. The summed E-state index contributed by atoms with van der Waals surface area (Å²) in [5, 5.41) is 2.28. The first-order valence-corrected chi connectivity index (χ1v) is 11.5. The van der Waals surface area contributed by atoms with E-state index in [2.05, 4.69) is 21.9 Å². The van der Waals surface area contributed by atoms with Crippen LogP contribution in [0.1, 0.15) is 22.5 Å². The minimum atomic E-state index is -0.0313. The van der Waals surface area contributed by atoms with Crippen molar-refractivity contribution in [3.8, 4) is 0 Å². The second kappa shape index (κ2) is 8.83. The van der Waals surface area contributed by atoms with Gasteiger partial charge in [0.25, 0.3) is 5.91 Å². The van der Waals surface area contributed by atoms with Gasteiger partial charge in [-0.1, -0.05) is 35.3 Å². The summed E-state index contributed by atoms with van der Waals surface area (Å²) in [5.41, 5.74) is 1.99. The number of furan rings is 1. The second-order valence-electron chi connectivity index (χ2n) is 8.43. The molecule has 2 aliphatic heterocycles. The summed E-state index contributed by atoms with van der Waals surface area (Å²) in [5.74, 6) is 0.363. The van der Waals surface area contributed by atoms with Crippen molar-refractivity contribution in [1.29, 1.82) is 0 Å². The van der Waals surface area contributed by atoms with Crippen LogP contribution in [-0.2, 0) is 6.54 Å². The fraction of sp³-hybridized carbons (Fsp3) is 0.375. The molecule has 0 saturated carbocycles. The molecule has 7 heteroatoms. The lowest BCUT2D eigenvalue weighted by molar-refractivity contribution is 0.0710. The molecule has 3 heterocycles. The zero-order valence-corrected chi connectivity index (χ0v) is 18.8. The van der Waals surface area contributed by atoms with E-state index in [1.807, 2.05) is 29.2 Å². The second-order valence-corrected chi connectivity index (χ2v) is 9.30. The molecule has 1 atom stereocenters. The van der Waals surface area contributed by atoms with E-state index in [0.29, 0.717) is 22.4 Å². The van der Waals surface area contributed by atoms with Gasteiger partial charge in [-0.25, -0.2) is 0 Å². The van der Waals surface area contributed by atoms with Crippen LogP contribution in [0.15, 0.2) is 52.9 Å². The molecule has 3 aromatic rings. The SMILES string of the molecule is O=C(c1cc2cc(Cl)ccc2o1)N1CC[C@@H](N2CCN(Cc3ccc(Cl)cc3)CC2)C1. The number of piperazine rings is 1. The molecule has 0 radical (unpaired) electrons. The number of rotatable bonds is 4. The molecule has 2 aromatic carbocycles. The Labute approximate surface area is 192 Å². The molecule has 31 heavy (non-hydrogen) atoms. The fourth-order valence-corrected chi connectivity index (χ4v) is 4.94. The number of fused-ring (bicyclic) bond motifs is 1. The summed E-state index contributed by atoms with van der Waals surface area (Å²) in [4.78, 5) is 19.9. The number of carbonyl (C=O) groups is 1. The quantitative estimate of drug-likeness (QED) is 0.565. The van der Waals surface area contributed by atoms with Crippen LogP contribution in [0.2, 0.25) is 10.0 Å². The lowest BCUT2D eigenvalue weighted by atomic mass is 10.1. The topological polar surface area (TPSA) is 39.9 Å². The first-order chi connectivity index (χ1) is 15.0. The van der Waals surface area contributed by atoms with Crippen LogP contribution in [0.3, 0.4) is 0 Å². The Bertz CT molecular complexity index is 1070. The summed E-state index contributed by atoms with van der Waals surface area (Å²) in [6.45, 7) is 6.62. The third kappa shape index (κ3) is 4.60. The maximum atomic E-state index is 13.0. The van der Waals surface area contributed by atoms with Gasteiger partial charge >= 0.3 is 0 Å². The third-order valence-electron chi connectivity index (χ3n) is 6.38. The van der Waals surface area contributed by atoms with E-state index in [0.717, 1.165) is 62.6 Å². The van der Waals surface area contributed by atoms with Gasteiger partial charge in [0.1, 0.15) is 5.58 Å². The minimum Gasteiger partial charge on any atom is -0.451 e. The zero-order valence-electron chi connectivity index (χ0n) is 17.3. The lowest BCUT2D eigenvalue weighted by Gasteiger charge is -2.38. The van der Waals surface area contributed by atoms with Crippen LogP contribution in [-0.4, -0.2) is 65.9 Å². The van der Waals surface area contributed by atoms with Gasteiger partial charge in [-0.05, 0) is 48.4 Å². The maximum absolute atomic E-state index is 13.0. The molecule has 2 aliphatic rings. The van der Waals surface area contributed by atoms with Crippen LogP contribution in [0.5, 0.6) is 0 Å². The van der Waals surface area contributed by atoms with Crippen LogP contribution in [0.4, 0.5) is 0 Å². The molecule has 1 amide bonds. The van der Waals surface area contributed by atoms with Gasteiger partial charge in [-0.2, -0.15) is 0 Å². The van der Waals surface area contributed by atoms with Gasteiger partial charge in [-0.3, -0.25) is 14.6 Å². The third-order valence-corrected chi connectivity index (χ3v) is 6.87. The van der Waals surface area contributed by atoms with Crippen molar-refractivity contribution in [1.82, 2.24) is 14.7 Å². The van der Waals surface area contributed by atoms with Crippen molar-refractivity contribution in [2.24, 2.45) is 0 Å². The lowest BCUT2D eigenvalue weighted by Crippen LogP contribution is -2.50. The number of amides is 1. The summed E-state index contributed by atoms with van der Waals surface area (Å²) < 4.78 is 5.78. The van der Waals surface area contributed by atoms with Crippen LogP contribution < -0.4 is 0 Å². The van der Waals surface area contributed by atoms with E-state index in [9.17, 15) is 4.79 Å². The Kier molecular flexibility index (Phi) is 5.93. The van der Waals surface area contributed by atoms with E-state index in [1.54, 1.807) is 12.1 Å². The Hall–Kier alpha value is -2.05. The normalized spacial score (nSPS) is 20.6. The average Bonchev–Trinajstić information content (AvgIpc) is 3.42. The molecule has 2 fully saturated rings. The molecule has 0 N–H and O–H groups in total. The molecule has 5 rings (SSSR count). The standard InChI is InChI=1S/C24H25Cl2N3O2/c25-19-3-1-17(2-4-19)15-27-9-11-28(12-10-27)21-7-8-29(16-21)24(30)23-14-18-13-20(26)5-6-22(18)31-23/h1-6,13-14,21H,7-12,15-16H2/t21-/m1/s1. The fourth-order valence-electron chi connectivity index (χ4n) is 4.63. The highest BCUT2D eigenvalue weighted by Crippen LogP contribution is 2.26. The Morgan fingerprint density at radius 2 is 1.68 bits per heavy atom. The van der Waals surface area contributed by atoms with Crippen molar-refractivity contribution in [2.45, 2.75) is 19.0 Å². The Morgan fingerprint density at radius 1 is 0.935 bits per heavy atom. The number of hydrogen-bond acceptors (Lipinski definition) is 4. The molecule has 162 valence electrons. The largest absolute Gasteiger partial charge is 0.451 e. The van der Waals surface area contributed by atoms with Gasteiger partial charge in [-0.15, -0.1) is 0 Å². The van der Waals surface area contributed by atoms with Gasteiger partial charge in [0.15, 0.2) is 5.76 Å². The van der Waals surface area contributed by atoms with Gasteiger partial charge in [0.2, 0.25) is 0 Å². The molecular weight excluding hydrogens is 433 g/mol. The first kappa shape index (κ1) is 20.8. The molecule has 5 nitrogen and oxygen atoms in total. The first-order valence-electron chi connectivity index (χ1n) is 10.7. The van der Waals surface area contributed by atoms with E-state index < -0.39 is 0 Å². The molecule has 1 aromatic heterocycles. The number of hydrogen-bond donors (Lipinski definition) is 0. The average molecular weight is 458 g/mol. The smallest absolute Gasteiger partial charge is 0.289 e. The van der Waals surface area contributed by atoms with E-state index in [1.165, 1.54) is 5.56 Å². The van der Waals surface area contributed by atoms with Crippen molar-refractivity contribution in [3.63, 3.8) is 0 Å². The predicted octanol–water partition coefficient (Wildman–Crippen LogP) is 4.77. The van der Waals surface area contributed by atoms with Gasteiger partial charge in [0.05, 0.1) is 0 Å². The predicted molar refractivity (Wildman–Crippen MR) is 124 cm³/mol. The van der Waals surface area contributed by atoms with Crippen LogP contribution in [0.25, 0.3) is 11.0 Å². The summed E-state index contributed by atoms with van der Waals surface area (Å²) in [6.07, 6.45) is 1.01. The zero-order chi connectivity index (χ0) is 21.4. The van der Waals surface area contributed by atoms with Crippen molar-refractivity contribution in [3.05, 3.63) is 69.9 Å². The molecular formula is C24H25Cl2N3O2. The highest BCUT2D eigenvalue weighted by molar-refractivity contribution is 6.31. The van der Waals surface area contributed by atoms with E-state index in [-0.39, 0.29) is 5.91 Å². The van der Waals surface area contributed by atoms with Crippen LogP contribution in [0, 0.1) is 0 Å². The van der Waals surface area contributed by atoms with E-state index >= 15 is 0 Å². The number of likely N-dealkylation sites (tertiary alicyclic amines) is 1.